The normalized spacial score (nSPS) is 12.0. The first-order chi connectivity index (χ1) is 10.7. The molecule has 0 atom stereocenters. The highest BCUT2D eigenvalue weighted by atomic mass is 16.1. The summed E-state index contributed by atoms with van der Waals surface area (Å²) in [6, 6.07) is 18.7. The van der Waals surface area contributed by atoms with Gasteiger partial charge in [-0.05, 0) is 45.1 Å². The molecule has 2 nitrogen and oxygen atoms in total. The summed E-state index contributed by atoms with van der Waals surface area (Å²) in [6.45, 7) is 0. The van der Waals surface area contributed by atoms with Gasteiger partial charge in [0.05, 0.1) is 0 Å². The first kappa shape index (κ1) is 11.6. The lowest BCUT2D eigenvalue weighted by molar-refractivity contribution is 1.67. The highest BCUT2D eigenvalue weighted by molar-refractivity contribution is 6.28. The molecule has 0 aromatic heterocycles. The Morgan fingerprint density at radius 2 is 1.23 bits per heavy atom. The molecular weight excluding hydrogens is 272 g/mol. The molecular formula is C20H10O2. The lowest BCUT2D eigenvalue weighted by Gasteiger charge is -2.11. The van der Waals surface area contributed by atoms with Crippen molar-refractivity contribution in [1.29, 1.82) is 0 Å². The Balaban J connectivity index is 2.30. The molecule has 5 aromatic rings. The zero-order valence-electron chi connectivity index (χ0n) is 11.6. The third-order valence-corrected chi connectivity index (χ3v) is 4.53. The van der Waals surface area contributed by atoms with Crippen molar-refractivity contribution in [1.82, 2.24) is 0 Å². The summed E-state index contributed by atoms with van der Waals surface area (Å²) in [5.41, 5.74) is 0.0114. The molecule has 0 radical (unpaired) electrons. The Morgan fingerprint density at radius 1 is 0.500 bits per heavy atom. The van der Waals surface area contributed by atoms with Crippen LogP contribution in [0.5, 0.6) is 0 Å². The number of hydrogen-bond donors (Lipinski definition) is 0. The van der Waals surface area contributed by atoms with Crippen molar-refractivity contribution in [3.8, 4) is 0 Å². The number of fused-ring (bicyclic) bond motifs is 2. The Bertz CT molecular complexity index is 1300. The fraction of sp³-hybridized carbons (Fsp3) is 0. The molecule has 0 fully saturated rings. The summed E-state index contributed by atoms with van der Waals surface area (Å²) in [6.07, 6.45) is 0. The van der Waals surface area contributed by atoms with Gasteiger partial charge in [-0.3, -0.25) is 9.59 Å². The molecule has 0 spiro atoms. The molecule has 5 rings (SSSR count). The van der Waals surface area contributed by atoms with E-state index < -0.39 is 0 Å². The second kappa shape index (κ2) is 3.80. The predicted octanol–water partition coefficient (Wildman–Crippen LogP) is 3.90. The summed E-state index contributed by atoms with van der Waals surface area (Å²) in [5, 5.41) is 7.11. The van der Waals surface area contributed by atoms with Gasteiger partial charge in [-0.2, -0.15) is 0 Å². The molecule has 5 aromatic carbocycles. The quantitative estimate of drug-likeness (QED) is 0.319. The van der Waals surface area contributed by atoms with Crippen molar-refractivity contribution < 1.29 is 0 Å². The van der Waals surface area contributed by atoms with Crippen LogP contribution in [0.2, 0.25) is 0 Å². The van der Waals surface area contributed by atoms with Gasteiger partial charge in [0, 0.05) is 16.2 Å². The van der Waals surface area contributed by atoms with Crippen LogP contribution in [0.25, 0.3) is 43.1 Å². The van der Waals surface area contributed by atoms with E-state index in [1.54, 1.807) is 18.2 Å². The van der Waals surface area contributed by atoms with Crippen LogP contribution in [-0.2, 0) is 0 Å². The fourth-order valence-electron chi connectivity index (χ4n) is 3.61. The molecule has 0 heterocycles. The molecule has 0 N–H and O–H groups in total. The van der Waals surface area contributed by atoms with Crippen LogP contribution in [0.3, 0.4) is 0 Å². The van der Waals surface area contributed by atoms with Gasteiger partial charge in [0.1, 0.15) is 0 Å². The van der Waals surface area contributed by atoms with Gasteiger partial charge in [0.15, 0.2) is 10.9 Å². The molecule has 0 saturated carbocycles. The van der Waals surface area contributed by atoms with Crippen LogP contribution in [0.15, 0.2) is 70.3 Å². The average Bonchev–Trinajstić information content (AvgIpc) is 2.53. The van der Waals surface area contributed by atoms with Crippen LogP contribution >= 0.6 is 0 Å². The van der Waals surface area contributed by atoms with E-state index in [2.05, 4.69) is 0 Å². The van der Waals surface area contributed by atoms with Gasteiger partial charge in [0.2, 0.25) is 0 Å². The van der Waals surface area contributed by atoms with Crippen molar-refractivity contribution in [2.24, 2.45) is 0 Å². The van der Waals surface area contributed by atoms with Gasteiger partial charge >= 0.3 is 0 Å². The van der Waals surface area contributed by atoms with Crippen LogP contribution in [0.1, 0.15) is 0 Å². The maximum atomic E-state index is 12.5. The highest BCUT2D eigenvalue weighted by Gasteiger charge is 2.14. The number of hydrogen-bond acceptors (Lipinski definition) is 2. The SMILES string of the molecule is O=c1cc2cccc3ccc4c5c(=O)cccc5cc1c4c32. The van der Waals surface area contributed by atoms with Crippen LogP contribution < -0.4 is 10.9 Å². The number of rotatable bonds is 0. The second-order valence-electron chi connectivity index (χ2n) is 5.72. The summed E-state index contributed by atoms with van der Waals surface area (Å²) >= 11 is 0. The lowest BCUT2D eigenvalue weighted by atomic mass is 9.91. The first-order valence-corrected chi connectivity index (χ1v) is 7.21. The molecule has 0 unspecified atom stereocenters. The minimum atomic E-state index is 0.00267. The molecule has 0 amide bonds. The molecule has 2 heteroatoms. The summed E-state index contributed by atoms with van der Waals surface area (Å²) in [7, 11) is 0. The van der Waals surface area contributed by atoms with E-state index in [1.165, 1.54) is 0 Å². The molecule has 102 valence electrons. The van der Waals surface area contributed by atoms with Crippen molar-refractivity contribution in [3.05, 3.63) is 81.1 Å². The van der Waals surface area contributed by atoms with Crippen LogP contribution in [0, 0.1) is 0 Å². The zero-order chi connectivity index (χ0) is 14.8. The van der Waals surface area contributed by atoms with Gasteiger partial charge in [0.25, 0.3) is 0 Å². The fourth-order valence-corrected chi connectivity index (χ4v) is 3.61. The second-order valence-corrected chi connectivity index (χ2v) is 5.72. The third-order valence-electron chi connectivity index (χ3n) is 4.53. The average molecular weight is 282 g/mol. The molecule has 0 aliphatic rings. The maximum Gasteiger partial charge on any atom is 0.187 e. The summed E-state index contributed by atoms with van der Waals surface area (Å²) in [5.74, 6) is 0. The predicted molar refractivity (Wildman–Crippen MR) is 91.4 cm³/mol. The molecule has 0 aliphatic heterocycles. The minimum Gasteiger partial charge on any atom is -0.289 e. The monoisotopic (exact) mass is 282 g/mol. The van der Waals surface area contributed by atoms with Crippen molar-refractivity contribution in [2.75, 3.05) is 0 Å². The Labute approximate surface area is 124 Å². The molecule has 0 saturated heterocycles. The standard InChI is InChI=1S/C20H10O2/c21-16-6-2-5-12-9-15-17(22)10-13-4-1-3-11-7-8-14(19(12)16)20(15)18(11)13/h1-10H. The summed E-state index contributed by atoms with van der Waals surface area (Å²) in [4.78, 5) is 24.8. The van der Waals surface area contributed by atoms with E-state index >= 15 is 0 Å². The van der Waals surface area contributed by atoms with Gasteiger partial charge in [-0.1, -0.05) is 42.5 Å². The van der Waals surface area contributed by atoms with Gasteiger partial charge < -0.3 is 0 Å². The van der Waals surface area contributed by atoms with E-state index in [0.717, 1.165) is 32.3 Å². The van der Waals surface area contributed by atoms with E-state index in [4.69, 9.17) is 0 Å². The van der Waals surface area contributed by atoms with Crippen molar-refractivity contribution in [2.45, 2.75) is 0 Å². The Kier molecular flexibility index (Phi) is 2.01. The Morgan fingerprint density at radius 3 is 2.09 bits per heavy atom. The van der Waals surface area contributed by atoms with E-state index in [0.29, 0.717) is 10.8 Å². The largest absolute Gasteiger partial charge is 0.289 e. The van der Waals surface area contributed by atoms with Crippen LogP contribution in [-0.4, -0.2) is 0 Å². The van der Waals surface area contributed by atoms with Gasteiger partial charge in [-0.15, -0.1) is 0 Å². The maximum absolute atomic E-state index is 12.5. The molecule has 22 heavy (non-hydrogen) atoms. The first-order valence-electron chi connectivity index (χ1n) is 7.21. The van der Waals surface area contributed by atoms with E-state index in [9.17, 15) is 9.59 Å². The zero-order valence-corrected chi connectivity index (χ0v) is 11.6. The van der Waals surface area contributed by atoms with Crippen molar-refractivity contribution in [3.63, 3.8) is 0 Å². The van der Waals surface area contributed by atoms with E-state index in [-0.39, 0.29) is 10.9 Å². The summed E-state index contributed by atoms with van der Waals surface area (Å²) < 4.78 is 0. The minimum absolute atomic E-state index is 0.00267. The van der Waals surface area contributed by atoms with E-state index in [1.807, 2.05) is 42.5 Å². The lowest BCUT2D eigenvalue weighted by Crippen LogP contribution is -2.04. The Hall–Kier alpha value is -3.00. The molecule has 0 aliphatic carbocycles. The van der Waals surface area contributed by atoms with Crippen LogP contribution in [0.4, 0.5) is 0 Å². The topological polar surface area (TPSA) is 34.1 Å². The smallest absolute Gasteiger partial charge is 0.187 e. The molecule has 0 bridgehead atoms. The van der Waals surface area contributed by atoms with Crippen molar-refractivity contribution >= 4 is 43.1 Å². The number of benzene rings is 5. The highest BCUT2D eigenvalue weighted by Crippen LogP contribution is 2.35. The van der Waals surface area contributed by atoms with Gasteiger partial charge in [-0.25, -0.2) is 0 Å². The third kappa shape index (κ3) is 1.29.